The summed E-state index contributed by atoms with van der Waals surface area (Å²) < 4.78 is 5.97. The van der Waals surface area contributed by atoms with E-state index in [0.29, 0.717) is 12.1 Å². The Morgan fingerprint density at radius 1 is 1.22 bits per heavy atom. The van der Waals surface area contributed by atoms with Crippen LogP contribution < -0.4 is 4.74 Å². The van der Waals surface area contributed by atoms with E-state index in [0.717, 1.165) is 37.2 Å². The second-order valence-corrected chi connectivity index (χ2v) is 5.25. The van der Waals surface area contributed by atoms with E-state index in [4.69, 9.17) is 9.84 Å². The van der Waals surface area contributed by atoms with E-state index >= 15 is 0 Å². The van der Waals surface area contributed by atoms with E-state index in [9.17, 15) is 0 Å². The molecular weight excluding hydrogens is 226 g/mol. The first-order valence-electron chi connectivity index (χ1n) is 6.79. The Balaban J connectivity index is 1.83. The zero-order chi connectivity index (χ0) is 13.0. The third kappa shape index (κ3) is 3.47. The van der Waals surface area contributed by atoms with Gasteiger partial charge in [-0.25, -0.2) is 0 Å². The van der Waals surface area contributed by atoms with Gasteiger partial charge >= 0.3 is 0 Å². The van der Waals surface area contributed by atoms with Crippen LogP contribution in [0.1, 0.15) is 32.3 Å². The van der Waals surface area contributed by atoms with Gasteiger partial charge in [0.1, 0.15) is 11.9 Å². The first-order valence-corrected chi connectivity index (χ1v) is 6.79. The van der Waals surface area contributed by atoms with Crippen molar-refractivity contribution in [2.75, 3.05) is 13.1 Å². The van der Waals surface area contributed by atoms with E-state index in [1.165, 1.54) is 0 Å². The first-order chi connectivity index (χ1) is 8.69. The van der Waals surface area contributed by atoms with Crippen molar-refractivity contribution in [1.82, 2.24) is 4.90 Å². The number of aliphatic hydroxyl groups excluding tert-OH is 1. The molecule has 0 aliphatic carbocycles. The molecule has 3 nitrogen and oxygen atoms in total. The van der Waals surface area contributed by atoms with Crippen LogP contribution in [0.2, 0.25) is 0 Å². The molecule has 1 aliphatic rings. The Hall–Kier alpha value is -1.06. The largest absolute Gasteiger partial charge is 0.490 e. The molecule has 1 N–H and O–H groups in total. The lowest BCUT2D eigenvalue weighted by atomic mass is 10.1. The van der Waals surface area contributed by atoms with Gasteiger partial charge in [0.25, 0.3) is 0 Å². The van der Waals surface area contributed by atoms with Crippen molar-refractivity contribution in [2.24, 2.45) is 0 Å². The molecule has 2 rings (SSSR count). The standard InChI is InChI=1S/C15H23NO2/c1-12(2)16-9-7-15(8-10-16)18-14-5-3-13(11-17)4-6-14/h3-6,12,15,17H,7-11H2,1-2H3. The Morgan fingerprint density at radius 3 is 2.33 bits per heavy atom. The van der Waals surface area contributed by atoms with E-state index in [2.05, 4.69) is 18.7 Å². The predicted octanol–water partition coefficient (Wildman–Crippen LogP) is 2.43. The quantitative estimate of drug-likeness (QED) is 0.889. The van der Waals surface area contributed by atoms with E-state index in [-0.39, 0.29) is 6.61 Å². The minimum atomic E-state index is 0.0903. The highest BCUT2D eigenvalue weighted by Gasteiger charge is 2.21. The van der Waals surface area contributed by atoms with Crippen LogP contribution in [0.15, 0.2) is 24.3 Å². The summed E-state index contributed by atoms with van der Waals surface area (Å²) in [5.41, 5.74) is 0.928. The van der Waals surface area contributed by atoms with Gasteiger partial charge in [0, 0.05) is 19.1 Å². The van der Waals surface area contributed by atoms with Gasteiger partial charge < -0.3 is 14.7 Å². The summed E-state index contributed by atoms with van der Waals surface area (Å²) in [6.45, 7) is 6.82. The molecule has 0 bridgehead atoms. The number of aliphatic hydroxyl groups is 1. The molecule has 18 heavy (non-hydrogen) atoms. The van der Waals surface area contributed by atoms with Gasteiger partial charge in [0.2, 0.25) is 0 Å². The van der Waals surface area contributed by atoms with Gasteiger partial charge in [-0.15, -0.1) is 0 Å². The van der Waals surface area contributed by atoms with Crippen LogP contribution in [0.25, 0.3) is 0 Å². The normalized spacial score (nSPS) is 18.2. The molecule has 0 aromatic heterocycles. The van der Waals surface area contributed by atoms with Crippen molar-refractivity contribution < 1.29 is 9.84 Å². The summed E-state index contributed by atoms with van der Waals surface area (Å²) in [6, 6.07) is 8.35. The van der Waals surface area contributed by atoms with Gasteiger partial charge in [-0.2, -0.15) is 0 Å². The van der Waals surface area contributed by atoms with Gasteiger partial charge in [-0.1, -0.05) is 12.1 Å². The molecule has 1 saturated heterocycles. The summed E-state index contributed by atoms with van der Waals surface area (Å²) in [6.07, 6.45) is 2.53. The lowest BCUT2D eigenvalue weighted by molar-refractivity contribution is 0.0843. The molecule has 3 heteroatoms. The van der Waals surface area contributed by atoms with Crippen molar-refractivity contribution in [3.63, 3.8) is 0 Å². The second-order valence-electron chi connectivity index (χ2n) is 5.25. The number of hydrogen-bond acceptors (Lipinski definition) is 3. The molecule has 0 atom stereocenters. The fourth-order valence-electron chi connectivity index (χ4n) is 2.38. The molecule has 0 unspecified atom stereocenters. The highest BCUT2D eigenvalue weighted by Crippen LogP contribution is 2.20. The van der Waals surface area contributed by atoms with Crippen LogP contribution in [0.3, 0.4) is 0 Å². The number of ether oxygens (including phenoxy) is 1. The number of benzene rings is 1. The molecular formula is C15H23NO2. The molecule has 100 valence electrons. The SMILES string of the molecule is CC(C)N1CCC(Oc2ccc(CO)cc2)CC1. The summed E-state index contributed by atoms with van der Waals surface area (Å²) in [5.74, 6) is 0.912. The Morgan fingerprint density at radius 2 is 1.83 bits per heavy atom. The van der Waals surface area contributed by atoms with Gasteiger partial charge in [0.15, 0.2) is 0 Å². The van der Waals surface area contributed by atoms with E-state index < -0.39 is 0 Å². The summed E-state index contributed by atoms with van der Waals surface area (Å²) in [7, 11) is 0. The Labute approximate surface area is 109 Å². The number of rotatable bonds is 4. The van der Waals surface area contributed by atoms with Crippen LogP contribution in [0, 0.1) is 0 Å². The molecule has 1 aliphatic heterocycles. The highest BCUT2D eigenvalue weighted by atomic mass is 16.5. The minimum absolute atomic E-state index is 0.0903. The van der Waals surface area contributed by atoms with Crippen molar-refractivity contribution >= 4 is 0 Å². The van der Waals surface area contributed by atoms with E-state index in [1.54, 1.807) is 0 Å². The molecule has 1 fully saturated rings. The van der Waals surface area contributed by atoms with Crippen LogP contribution >= 0.6 is 0 Å². The fourth-order valence-corrected chi connectivity index (χ4v) is 2.38. The van der Waals surface area contributed by atoms with Crippen LogP contribution in [-0.4, -0.2) is 35.2 Å². The molecule has 0 saturated carbocycles. The monoisotopic (exact) mass is 249 g/mol. The summed E-state index contributed by atoms with van der Waals surface area (Å²) in [5, 5.41) is 8.98. The lowest BCUT2D eigenvalue weighted by Gasteiger charge is -2.34. The molecule has 1 aromatic rings. The average molecular weight is 249 g/mol. The molecule has 0 spiro atoms. The average Bonchev–Trinajstić information content (AvgIpc) is 2.40. The number of hydrogen-bond donors (Lipinski definition) is 1. The number of piperidine rings is 1. The van der Waals surface area contributed by atoms with Crippen LogP contribution in [0.5, 0.6) is 5.75 Å². The van der Waals surface area contributed by atoms with Crippen molar-refractivity contribution in [3.05, 3.63) is 29.8 Å². The number of nitrogens with zero attached hydrogens (tertiary/aromatic N) is 1. The minimum Gasteiger partial charge on any atom is -0.490 e. The van der Waals surface area contributed by atoms with Crippen molar-refractivity contribution in [2.45, 2.75) is 45.4 Å². The summed E-state index contributed by atoms with van der Waals surface area (Å²) >= 11 is 0. The van der Waals surface area contributed by atoms with Gasteiger partial charge in [-0.05, 0) is 44.4 Å². The van der Waals surface area contributed by atoms with Crippen LogP contribution in [0.4, 0.5) is 0 Å². The fraction of sp³-hybridized carbons (Fsp3) is 0.600. The maximum atomic E-state index is 8.98. The Kier molecular flexibility index (Phi) is 4.61. The van der Waals surface area contributed by atoms with Gasteiger partial charge in [0.05, 0.1) is 6.61 Å². The predicted molar refractivity (Wildman–Crippen MR) is 72.7 cm³/mol. The van der Waals surface area contributed by atoms with E-state index in [1.807, 2.05) is 24.3 Å². The zero-order valence-electron chi connectivity index (χ0n) is 11.3. The lowest BCUT2D eigenvalue weighted by Crippen LogP contribution is -2.41. The molecule has 1 heterocycles. The third-order valence-corrected chi connectivity index (χ3v) is 3.62. The maximum Gasteiger partial charge on any atom is 0.119 e. The zero-order valence-corrected chi connectivity index (χ0v) is 11.3. The second kappa shape index (κ2) is 6.21. The first kappa shape index (κ1) is 13.4. The smallest absolute Gasteiger partial charge is 0.119 e. The number of likely N-dealkylation sites (tertiary alicyclic amines) is 1. The topological polar surface area (TPSA) is 32.7 Å². The molecule has 1 aromatic carbocycles. The third-order valence-electron chi connectivity index (χ3n) is 3.62. The summed E-state index contributed by atoms with van der Waals surface area (Å²) in [4.78, 5) is 2.49. The van der Waals surface area contributed by atoms with Gasteiger partial charge in [-0.3, -0.25) is 0 Å². The molecule has 0 amide bonds. The van der Waals surface area contributed by atoms with Crippen molar-refractivity contribution in [3.8, 4) is 5.75 Å². The highest BCUT2D eigenvalue weighted by molar-refractivity contribution is 5.27. The van der Waals surface area contributed by atoms with Crippen LogP contribution in [-0.2, 0) is 6.61 Å². The van der Waals surface area contributed by atoms with Crippen molar-refractivity contribution in [1.29, 1.82) is 0 Å². The molecule has 0 radical (unpaired) electrons. The maximum absolute atomic E-state index is 8.98. The Bertz CT molecular complexity index is 353.